The molecule has 2 aliphatic rings. The lowest BCUT2D eigenvalue weighted by molar-refractivity contribution is -0.115. The monoisotopic (exact) mass is 502 g/mol. The molecule has 0 saturated heterocycles. The van der Waals surface area contributed by atoms with Crippen molar-refractivity contribution in [3.05, 3.63) is 82.4 Å². The summed E-state index contributed by atoms with van der Waals surface area (Å²) >= 11 is 6.20. The zero-order valence-corrected chi connectivity index (χ0v) is 21.7. The molecule has 36 heavy (non-hydrogen) atoms. The number of ether oxygens (including phenoxy) is 1. The van der Waals surface area contributed by atoms with Gasteiger partial charge in [0.25, 0.3) is 0 Å². The van der Waals surface area contributed by atoms with Crippen LogP contribution in [-0.2, 0) is 11.3 Å². The molecule has 5 rings (SSSR count). The molecular formula is C29H31ClN4O2. The fraction of sp³-hybridized carbons (Fsp3) is 0.310. The van der Waals surface area contributed by atoms with Gasteiger partial charge in [-0.05, 0) is 60.6 Å². The second-order valence-corrected chi connectivity index (χ2v) is 9.67. The lowest BCUT2D eigenvalue weighted by Crippen LogP contribution is -2.29. The van der Waals surface area contributed by atoms with Gasteiger partial charge in [0.1, 0.15) is 18.3 Å². The molecule has 3 aromatic rings. The molecule has 1 atom stereocenters. The fourth-order valence-electron chi connectivity index (χ4n) is 4.84. The largest absolute Gasteiger partial charge is 0.490 e. The number of nitrogens with zero attached hydrogens (tertiary/aromatic N) is 3. The molecule has 3 aromatic carbocycles. The van der Waals surface area contributed by atoms with E-state index in [9.17, 15) is 4.79 Å². The average molecular weight is 503 g/mol. The van der Waals surface area contributed by atoms with Crippen LogP contribution in [0.1, 0.15) is 36.5 Å². The van der Waals surface area contributed by atoms with Crippen LogP contribution in [0.4, 0.5) is 17.1 Å². The van der Waals surface area contributed by atoms with Crippen molar-refractivity contribution in [3.63, 3.8) is 0 Å². The van der Waals surface area contributed by atoms with Gasteiger partial charge in [0.15, 0.2) is 0 Å². The van der Waals surface area contributed by atoms with E-state index in [4.69, 9.17) is 21.3 Å². The molecule has 6 nitrogen and oxygen atoms in total. The summed E-state index contributed by atoms with van der Waals surface area (Å²) in [5.41, 5.74) is 6.23. The summed E-state index contributed by atoms with van der Waals surface area (Å²) in [5.74, 6) is 0.144. The Hall–Kier alpha value is -3.35. The quantitative estimate of drug-likeness (QED) is 0.411. The first kappa shape index (κ1) is 24.3. The summed E-state index contributed by atoms with van der Waals surface area (Å²) in [6.45, 7) is 8.73. The SMILES string of the molecule is CCN(CC)Cc1ccc(N=C(c2ccc3c(c2)OCCN3C)C2C(=O)Nc3cc(Cl)ccc32)cc1. The number of halogens is 1. The van der Waals surface area contributed by atoms with Crippen LogP contribution in [0.15, 0.2) is 65.7 Å². The molecule has 0 saturated carbocycles. The number of hydrogen-bond acceptors (Lipinski definition) is 5. The van der Waals surface area contributed by atoms with Crippen LogP contribution < -0.4 is 15.0 Å². The number of anilines is 2. The number of nitrogens with one attached hydrogen (secondary N) is 1. The topological polar surface area (TPSA) is 57.2 Å². The minimum atomic E-state index is -0.549. The summed E-state index contributed by atoms with van der Waals surface area (Å²) in [6.07, 6.45) is 0. The van der Waals surface area contributed by atoms with Crippen LogP contribution in [0.3, 0.4) is 0 Å². The van der Waals surface area contributed by atoms with E-state index in [1.54, 1.807) is 6.07 Å². The summed E-state index contributed by atoms with van der Waals surface area (Å²) in [7, 11) is 2.06. The molecule has 2 aliphatic heterocycles. The number of benzene rings is 3. The summed E-state index contributed by atoms with van der Waals surface area (Å²) < 4.78 is 5.96. The molecule has 0 fully saturated rings. The Balaban J connectivity index is 1.57. The summed E-state index contributed by atoms with van der Waals surface area (Å²) in [4.78, 5) is 22.8. The third-order valence-electron chi connectivity index (χ3n) is 6.96. The van der Waals surface area contributed by atoms with Crippen LogP contribution >= 0.6 is 11.6 Å². The third-order valence-corrected chi connectivity index (χ3v) is 7.19. The number of likely N-dealkylation sites (N-methyl/N-ethyl adjacent to an activating group) is 1. The van der Waals surface area contributed by atoms with Crippen LogP contribution in [-0.4, -0.2) is 49.8 Å². The first-order valence-corrected chi connectivity index (χ1v) is 12.8. The highest BCUT2D eigenvalue weighted by Crippen LogP contribution is 2.39. The summed E-state index contributed by atoms with van der Waals surface area (Å²) in [6, 6.07) is 19.9. The van der Waals surface area contributed by atoms with Gasteiger partial charge in [-0.25, -0.2) is 0 Å². The maximum absolute atomic E-state index is 13.2. The van der Waals surface area contributed by atoms with E-state index >= 15 is 0 Å². The second kappa shape index (κ2) is 10.3. The highest BCUT2D eigenvalue weighted by Gasteiger charge is 2.36. The Morgan fingerprint density at radius 3 is 2.64 bits per heavy atom. The normalized spacial score (nSPS) is 17.0. The molecule has 0 aromatic heterocycles. The van der Waals surface area contributed by atoms with Gasteiger partial charge in [-0.1, -0.05) is 49.7 Å². The smallest absolute Gasteiger partial charge is 0.238 e. The number of amides is 1. The number of hydrogen-bond donors (Lipinski definition) is 1. The highest BCUT2D eigenvalue weighted by atomic mass is 35.5. The van der Waals surface area contributed by atoms with E-state index < -0.39 is 5.92 Å². The number of carbonyl (C=O) groups is 1. The van der Waals surface area contributed by atoms with Crippen LogP contribution in [0.25, 0.3) is 0 Å². The van der Waals surface area contributed by atoms with Crippen LogP contribution in [0.5, 0.6) is 5.75 Å². The van der Waals surface area contributed by atoms with Crippen molar-refractivity contribution in [2.75, 3.05) is 43.5 Å². The van der Waals surface area contributed by atoms with Gasteiger partial charge in [-0.2, -0.15) is 0 Å². The molecule has 0 radical (unpaired) electrons. The molecule has 2 heterocycles. The molecule has 1 N–H and O–H groups in total. The van der Waals surface area contributed by atoms with E-state index in [0.717, 1.165) is 60.1 Å². The van der Waals surface area contributed by atoms with E-state index in [-0.39, 0.29) is 5.91 Å². The van der Waals surface area contributed by atoms with E-state index in [1.807, 2.05) is 42.5 Å². The maximum Gasteiger partial charge on any atom is 0.238 e. The van der Waals surface area contributed by atoms with Crippen molar-refractivity contribution in [1.82, 2.24) is 4.90 Å². The Morgan fingerprint density at radius 1 is 1.11 bits per heavy atom. The molecule has 0 aliphatic carbocycles. The zero-order chi connectivity index (χ0) is 25.2. The molecular weight excluding hydrogens is 472 g/mol. The average Bonchev–Trinajstić information content (AvgIpc) is 3.21. The molecule has 0 bridgehead atoms. The van der Waals surface area contributed by atoms with Crippen molar-refractivity contribution in [2.24, 2.45) is 4.99 Å². The Bertz CT molecular complexity index is 1300. The van der Waals surface area contributed by atoms with E-state index in [0.29, 0.717) is 17.3 Å². The van der Waals surface area contributed by atoms with Crippen LogP contribution in [0, 0.1) is 0 Å². The van der Waals surface area contributed by atoms with E-state index in [2.05, 4.69) is 48.1 Å². The van der Waals surface area contributed by atoms with Crippen molar-refractivity contribution in [1.29, 1.82) is 0 Å². The Morgan fingerprint density at radius 2 is 1.89 bits per heavy atom. The lowest BCUT2D eigenvalue weighted by Gasteiger charge is -2.28. The van der Waals surface area contributed by atoms with E-state index in [1.165, 1.54) is 5.56 Å². The minimum Gasteiger partial charge on any atom is -0.490 e. The standard InChI is InChI=1S/C29H31ClN4O2/c1-4-34(5-2)18-19-6-10-22(11-7-19)31-28(20-8-13-25-26(16-20)36-15-14-33(25)3)27-23-12-9-21(30)17-24(23)32-29(27)35/h6-13,16-17,27H,4-5,14-15,18H2,1-3H3,(H,32,35). The Kier molecular flexibility index (Phi) is 6.99. The molecule has 0 spiro atoms. The van der Waals surface area contributed by atoms with Crippen molar-refractivity contribution in [3.8, 4) is 5.75 Å². The van der Waals surface area contributed by atoms with Gasteiger partial charge in [-0.15, -0.1) is 0 Å². The number of aliphatic imine (C=N–C) groups is 1. The first-order chi connectivity index (χ1) is 17.5. The van der Waals surface area contributed by atoms with Crippen molar-refractivity contribution >= 4 is 40.3 Å². The number of fused-ring (bicyclic) bond motifs is 2. The lowest BCUT2D eigenvalue weighted by atomic mass is 9.90. The van der Waals surface area contributed by atoms with Crippen molar-refractivity contribution in [2.45, 2.75) is 26.3 Å². The highest BCUT2D eigenvalue weighted by molar-refractivity contribution is 6.31. The predicted molar refractivity (Wildman–Crippen MR) is 147 cm³/mol. The molecule has 186 valence electrons. The molecule has 1 amide bonds. The van der Waals surface area contributed by atoms with Crippen molar-refractivity contribution < 1.29 is 9.53 Å². The number of carbonyl (C=O) groups excluding carboxylic acids is 1. The molecule has 1 unspecified atom stereocenters. The first-order valence-electron chi connectivity index (χ1n) is 12.5. The number of rotatable bonds is 7. The second-order valence-electron chi connectivity index (χ2n) is 9.23. The molecule has 7 heteroatoms. The van der Waals surface area contributed by atoms with Gasteiger partial charge in [0, 0.05) is 29.9 Å². The minimum absolute atomic E-state index is 0.111. The maximum atomic E-state index is 13.2. The van der Waals surface area contributed by atoms with Crippen LogP contribution in [0.2, 0.25) is 5.02 Å². The van der Waals surface area contributed by atoms with Gasteiger partial charge < -0.3 is 15.0 Å². The van der Waals surface area contributed by atoms with Gasteiger partial charge in [-0.3, -0.25) is 14.7 Å². The zero-order valence-electron chi connectivity index (χ0n) is 20.9. The van der Waals surface area contributed by atoms with Gasteiger partial charge >= 0.3 is 0 Å². The van der Waals surface area contributed by atoms with Gasteiger partial charge in [0.2, 0.25) is 5.91 Å². The third kappa shape index (κ3) is 4.84. The Labute approximate surface area is 217 Å². The van der Waals surface area contributed by atoms with Gasteiger partial charge in [0.05, 0.1) is 23.6 Å². The fourth-order valence-corrected chi connectivity index (χ4v) is 5.01. The summed E-state index contributed by atoms with van der Waals surface area (Å²) in [5, 5.41) is 3.57. The predicted octanol–water partition coefficient (Wildman–Crippen LogP) is 5.87.